The fourth-order valence-corrected chi connectivity index (χ4v) is 2.28. The first-order valence-electron chi connectivity index (χ1n) is 7.51. The lowest BCUT2D eigenvalue weighted by atomic mass is 10.2. The number of carbonyl (C=O) groups excluding carboxylic acids is 1. The number of para-hydroxylation sites is 1. The molecule has 0 unspecified atom stereocenters. The van der Waals surface area contributed by atoms with Crippen molar-refractivity contribution in [2.24, 2.45) is 5.16 Å². The van der Waals surface area contributed by atoms with E-state index in [2.05, 4.69) is 26.4 Å². The normalized spacial score (nSPS) is 11.8. The number of anilines is 1. The Morgan fingerprint density at radius 1 is 1.16 bits per heavy atom. The molecule has 0 heterocycles. The van der Waals surface area contributed by atoms with E-state index < -0.39 is 6.10 Å². The number of nitrogens with one attached hydrogen (secondary N) is 1. The smallest absolute Gasteiger partial charge is 0.267 e. The number of carbonyl (C=O) groups is 1. The van der Waals surface area contributed by atoms with Crippen molar-refractivity contribution in [3.8, 4) is 11.5 Å². The summed E-state index contributed by atoms with van der Waals surface area (Å²) in [5.74, 6) is 0.842. The Balaban J connectivity index is 1.97. The van der Waals surface area contributed by atoms with Crippen LogP contribution in [0, 0.1) is 0 Å². The average molecular weight is 407 g/mol. The first kappa shape index (κ1) is 18.8. The summed E-state index contributed by atoms with van der Waals surface area (Å²) in [7, 11) is 3.11. The van der Waals surface area contributed by atoms with Crippen LogP contribution >= 0.6 is 15.9 Å². The molecular formula is C18H19BrN2O4. The third kappa shape index (κ3) is 5.22. The van der Waals surface area contributed by atoms with Crippen LogP contribution in [-0.4, -0.2) is 32.4 Å². The highest BCUT2D eigenvalue weighted by atomic mass is 79.9. The minimum Gasteiger partial charge on any atom is -0.493 e. The number of hydrogen-bond acceptors (Lipinski definition) is 5. The molecule has 0 radical (unpaired) electrons. The van der Waals surface area contributed by atoms with Gasteiger partial charge in [0, 0.05) is 15.7 Å². The lowest BCUT2D eigenvalue weighted by molar-refractivity contribution is -0.126. The maximum absolute atomic E-state index is 12.1. The Bertz CT molecular complexity index is 747. The first-order valence-corrected chi connectivity index (χ1v) is 8.31. The molecule has 2 rings (SSSR count). The number of ether oxygens (including phenoxy) is 2. The van der Waals surface area contributed by atoms with E-state index in [0.717, 1.165) is 4.47 Å². The largest absolute Gasteiger partial charge is 0.493 e. The topological polar surface area (TPSA) is 69.2 Å². The second-order valence-electron chi connectivity index (χ2n) is 5.06. The van der Waals surface area contributed by atoms with Gasteiger partial charge in [0.15, 0.2) is 11.5 Å². The van der Waals surface area contributed by atoms with Crippen LogP contribution in [0.3, 0.4) is 0 Å². The molecule has 6 nitrogen and oxygen atoms in total. The fourth-order valence-electron chi connectivity index (χ4n) is 2.02. The molecule has 132 valence electrons. The van der Waals surface area contributed by atoms with Gasteiger partial charge in [-0.05, 0) is 43.3 Å². The van der Waals surface area contributed by atoms with Crippen LogP contribution < -0.4 is 14.8 Å². The van der Waals surface area contributed by atoms with Crippen molar-refractivity contribution >= 4 is 33.7 Å². The van der Waals surface area contributed by atoms with Crippen LogP contribution in [0.2, 0.25) is 0 Å². The molecule has 1 amide bonds. The summed E-state index contributed by atoms with van der Waals surface area (Å²) < 4.78 is 11.5. The summed E-state index contributed by atoms with van der Waals surface area (Å²) >= 11 is 3.34. The van der Waals surface area contributed by atoms with Gasteiger partial charge in [-0.3, -0.25) is 4.79 Å². The van der Waals surface area contributed by atoms with Crippen molar-refractivity contribution in [1.29, 1.82) is 0 Å². The third-order valence-corrected chi connectivity index (χ3v) is 3.85. The molecular weight excluding hydrogens is 388 g/mol. The van der Waals surface area contributed by atoms with Gasteiger partial charge in [-0.15, -0.1) is 0 Å². The van der Waals surface area contributed by atoms with E-state index in [9.17, 15) is 4.79 Å². The van der Waals surface area contributed by atoms with E-state index in [4.69, 9.17) is 14.3 Å². The predicted molar refractivity (Wildman–Crippen MR) is 100 cm³/mol. The number of benzene rings is 2. The van der Waals surface area contributed by atoms with Crippen molar-refractivity contribution < 1.29 is 19.1 Å². The van der Waals surface area contributed by atoms with Gasteiger partial charge in [-0.2, -0.15) is 0 Å². The molecule has 0 aliphatic heterocycles. The van der Waals surface area contributed by atoms with Gasteiger partial charge in [0.1, 0.15) is 0 Å². The number of hydrogen-bond donors (Lipinski definition) is 1. The highest BCUT2D eigenvalue weighted by Crippen LogP contribution is 2.29. The molecule has 0 aromatic heterocycles. The van der Waals surface area contributed by atoms with Gasteiger partial charge in [0.2, 0.25) is 6.10 Å². The van der Waals surface area contributed by atoms with E-state index in [0.29, 0.717) is 22.7 Å². The lowest BCUT2D eigenvalue weighted by Crippen LogP contribution is -2.26. The molecule has 1 atom stereocenters. The summed E-state index contributed by atoms with van der Waals surface area (Å²) in [4.78, 5) is 17.3. The van der Waals surface area contributed by atoms with Gasteiger partial charge < -0.3 is 19.6 Å². The Morgan fingerprint density at radius 3 is 2.52 bits per heavy atom. The van der Waals surface area contributed by atoms with Gasteiger partial charge in [0.25, 0.3) is 5.91 Å². The summed E-state index contributed by atoms with van der Waals surface area (Å²) in [6.07, 6.45) is 0.724. The maximum Gasteiger partial charge on any atom is 0.267 e. The Hall–Kier alpha value is -2.54. The van der Waals surface area contributed by atoms with Crippen molar-refractivity contribution in [3.63, 3.8) is 0 Å². The molecule has 25 heavy (non-hydrogen) atoms. The Kier molecular flexibility index (Phi) is 6.82. The van der Waals surface area contributed by atoms with Gasteiger partial charge >= 0.3 is 0 Å². The van der Waals surface area contributed by atoms with Crippen LogP contribution in [0.4, 0.5) is 5.69 Å². The monoisotopic (exact) mass is 406 g/mol. The van der Waals surface area contributed by atoms with Gasteiger partial charge in [0.05, 0.1) is 20.4 Å². The fraction of sp³-hybridized carbons (Fsp3) is 0.222. The van der Waals surface area contributed by atoms with Gasteiger partial charge in [-0.1, -0.05) is 27.2 Å². The van der Waals surface area contributed by atoms with Gasteiger partial charge in [-0.25, -0.2) is 0 Å². The molecule has 0 saturated carbocycles. The molecule has 0 aliphatic carbocycles. The zero-order valence-corrected chi connectivity index (χ0v) is 15.7. The van der Waals surface area contributed by atoms with Crippen LogP contribution in [0.25, 0.3) is 0 Å². The number of halogens is 1. The lowest BCUT2D eigenvalue weighted by Gasteiger charge is -2.11. The third-order valence-electron chi connectivity index (χ3n) is 3.33. The maximum atomic E-state index is 12.1. The summed E-state index contributed by atoms with van der Waals surface area (Å²) in [6, 6.07) is 12.7. The standard InChI is InChI=1S/C18H19BrN2O4/c1-12(18(22)21-15-9-7-14(19)8-10-15)25-20-11-13-5-4-6-16(23-2)17(13)24-3/h4-12H,1-3H3,(H,21,22)/b20-11-/t12-/m0/s1. The first-order chi connectivity index (χ1) is 12.0. The minimum atomic E-state index is -0.753. The number of oxime groups is 1. The summed E-state index contributed by atoms with van der Waals surface area (Å²) in [5.41, 5.74) is 1.37. The van der Waals surface area contributed by atoms with E-state index in [1.54, 1.807) is 45.4 Å². The second kappa shape index (κ2) is 9.08. The van der Waals surface area contributed by atoms with Crippen molar-refractivity contribution in [2.45, 2.75) is 13.0 Å². The van der Waals surface area contributed by atoms with Crippen molar-refractivity contribution in [1.82, 2.24) is 0 Å². The molecule has 0 bridgehead atoms. The number of amides is 1. The molecule has 0 spiro atoms. The summed E-state index contributed by atoms with van der Waals surface area (Å²) in [5, 5.41) is 6.63. The summed E-state index contributed by atoms with van der Waals surface area (Å²) in [6.45, 7) is 1.62. The zero-order chi connectivity index (χ0) is 18.2. The Morgan fingerprint density at radius 2 is 1.88 bits per heavy atom. The highest BCUT2D eigenvalue weighted by Gasteiger charge is 2.14. The molecule has 1 N–H and O–H groups in total. The highest BCUT2D eigenvalue weighted by molar-refractivity contribution is 9.10. The molecule has 2 aromatic rings. The van der Waals surface area contributed by atoms with E-state index in [1.807, 2.05) is 18.2 Å². The van der Waals surface area contributed by atoms with E-state index in [-0.39, 0.29) is 5.91 Å². The SMILES string of the molecule is COc1cccc(/C=N\O[C@@H](C)C(=O)Nc2ccc(Br)cc2)c1OC. The number of methoxy groups -OCH3 is 2. The van der Waals surface area contributed by atoms with Crippen LogP contribution in [0.5, 0.6) is 11.5 Å². The molecule has 0 aliphatic rings. The molecule has 0 saturated heterocycles. The number of nitrogens with zero attached hydrogens (tertiary/aromatic N) is 1. The molecule has 0 fully saturated rings. The van der Waals surface area contributed by atoms with Crippen LogP contribution in [-0.2, 0) is 9.63 Å². The predicted octanol–water partition coefficient (Wildman–Crippen LogP) is 3.84. The molecule has 2 aromatic carbocycles. The second-order valence-corrected chi connectivity index (χ2v) is 5.98. The van der Waals surface area contributed by atoms with Crippen LogP contribution in [0.1, 0.15) is 12.5 Å². The number of rotatable bonds is 7. The Labute approximate surface area is 154 Å². The zero-order valence-electron chi connectivity index (χ0n) is 14.2. The van der Waals surface area contributed by atoms with Crippen molar-refractivity contribution in [2.75, 3.05) is 19.5 Å². The minimum absolute atomic E-state index is 0.294. The molecule has 7 heteroatoms. The van der Waals surface area contributed by atoms with Crippen molar-refractivity contribution in [3.05, 3.63) is 52.5 Å². The van der Waals surface area contributed by atoms with E-state index in [1.165, 1.54) is 6.21 Å². The van der Waals surface area contributed by atoms with E-state index >= 15 is 0 Å². The average Bonchev–Trinajstić information content (AvgIpc) is 2.63. The van der Waals surface area contributed by atoms with Crippen LogP contribution in [0.15, 0.2) is 52.1 Å². The quantitative estimate of drug-likeness (QED) is 0.559.